The molecule has 0 unspecified atom stereocenters. The van der Waals surface area contributed by atoms with Gasteiger partial charge in [0.25, 0.3) is 0 Å². The Balaban J connectivity index is 1.65. The van der Waals surface area contributed by atoms with Crippen LogP contribution in [0.3, 0.4) is 0 Å². The van der Waals surface area contributed by atoms with Crippen molar-refractivity contribution in [1.29, 1.82) is 0 Å². The number of hydrogen-bond acceptors (Lipinski definition) is 4. The number of carbonyl (C=O) groups excluding carboxylic acids is 1. The van der Waals surface area contributed by atoms with Crippen molar-refractivity contribution in [3.8, 4) is 5.75 Å². The van der Waals surface area contributed by atoms with Crippen LogP contribution in [0.15, 0.2) is 18.2 Å². The summed E-state index contributed by atoms with van der Waals surface area (Å²) in [5, 5.41) is 0. The first-order valence-corrected chi connectivity index (χ1v) is 9.97. The van der Waals surface area contributed by atoms with Gasteiger partial charge in [0.05, 0.1) is 0 Å². The van der Waals surface area contributed by atoms with E-state index >= 15 is 0 Å². The van der Waals surface area contributed by atoms with E-state index in [1.165, 1.54) is 5.56 Å². The molecular formula is C18H22O5S. The van der Waals surface area contributed by atoms with E-state index in [1.54, 1.807) is 12.1 Å². The number of hydrogen-bond donors (Lipinski definition) is 1. The molecule has 1 aromatic carbocycles. The third-order valence-electron chi connectivity index (χ3n) is 6.61. The molecule has 6 heteroatoms. The van der Waals surface area contributed by atoms with Crippen molar-refractivity contribution in [2.24, 2.45) is 17.3 Å². The fourth-order valence-corrected chi connectivity index (χ4v) is 5.85. The van der Waals surface area contributed by atoms with E-state index in [-0.39, 0.29) is 11.2 Å². The lowest BCUT2D eigenvalue weighted by Gasteiger charge is -2.48. The molecule has 4 rings (SSSR count). The normalized spacial score (nSPS) is 35.1. The number of aryl methyl sites for hydroxylation is 1. The van der Waals surface area contributed by atoms with E-state index in [2.05, 4.69) is 11.1 Å². The third kappa shape index (κ3) is 2.47. The molecule has 130 valence electrons. The summed E-state index contributed by atoms with van der Waals surface area (Å²) in [7, 11) is -4.49. The second-order valence-electron chi connectivity index (χ2n) is 7.71. The van der Waals surface area contributed by atoms with Gasteiger partial charge in [-0.2, -0.15) is 8.42 Å². The van der Waals surface area contributed by atoms with Gasteiger partial charge in [0, 0.05) is 11.8 Å². The van der Waals surface area contributed by atoms with Crippen molar-refractivity contribution in [1.82, 2.24) is 0 Å². The molecule has 0 heterocycles. The van der Waals surface area contributed by atoms with Crippen LogP contribution in [0.5, 0.6) is 5.75 Å². The summed E-state index contributed by atoms with van der Waals surface area (Å²) in [4.78, 5) is 12.3. The van der Waals surface area contributed by atoms with Gasteiger partial charge in [-0.3, -0.25) is 9.35 Å². The van der Waals surface area contributed by atoms with Crippen LogP contribution in [0.4, 0.5) is 0 Å². The summed E-state index contributed by atoms with van der Waals surface area (Å²) in [5.74, 6) is 2.05. The Morgan fingerprint density at radius 1 is 1.21 bits per heavy atom. The lowest BCUT2D eigenvalue weighted by Crippen LogP contribution is -2.42. The molecule has 0 aliphatic heterocycles. The molecule has 4 atom stereocenters. The van der Waals surface area contributed by atoms with Crippen LogP contribution in [-0.2, 0) is 21.6 Å². The topological polar surface area (TPSA) is 80.7 Å². The van der Waals surface area contributed by atoms with Gasteiger partial charge in [0.1, 0.15) is 11.5 Å². The fraction of sp³-hybridized carbons (Fsp3) is 0.611. The van der Waals surface area contributed by atoms with E-state index in [4.69, 9.17) is 4.55 Å². The van der Waals surface area contributed by atoms with Crippen molar-refractivity contribution in [2.45, 2.75) is 51.4 Å². The molecule has 0 amide bonds. The minimum atomic E-state index is -4.49. The smallest absolute Gasteiger partial charge is 0.362 e. The zero-order valence-electron chi connectivity index (χ0n) is 13.7. The summed E-state index contributed by atoms with van der Waals surface area (Å²) in [6, 6.07) is 5.28. The average Bonchev–Trinajstić information content (AvgIpc) is 2.81. The second-order valence-corrected chi connectivity index (χ2v) is 8.73. The van der Waals surface area contributed by atoms with Gasteiger partial charge in [-0.1, -0.05) is 13.0 Å². The van der Waals surface area contributed by atoms with Crippen molar-refractivity contribution in [2.75, 3.05) is 0 Å². The lowest BCUT2D eigenvalue weighted by molar-refractivity contribution is -0.129. The van der Waals surface area contributed by atoms with Gasteiger partial charge < -0.3 is 4.18 Å². The zero-order chi connectivity index (χ0) is 17.1. The van der Waals surface area contributed by atoms with Crippen molar-refractivity contribution in [3.63, 3.8) is 0 Å². The van der Waals surface area contributed by atoms with Gasteiger partial charge in [-0.25, -0.2) is 0 Å². The molecule has 1 aromatic rings. The van der Waals surface area contributed by atoms with E-state index in [0.717, 1.165) is 44.1 Å². The SMILES string of the molecule is C[C@@]12CC[C@H]3c4ccc(OS(=O)(=O)O)cc4CC[C@H]3[C@H]1CCC2=O. The third-order valence-corrected chi connectivity index (χ3v) is 7.01. The maximum absolute atomic E-state index is 12.3. The highest BCUT2D eigenvalue weighted by Crippen LogP contribution is 2.59. The minimum Gasteiger partial charge on any atom is -0.362 e. The Morgan fingerprint density at radius 2 is 2.00 bits per heavy atom. The van der Waals surface area contributed by atoms with Crippen LogP contribution in [0, 0.1) is 17.3 Å². The van der Waals surface area contributed by atoms with Crippen LogP contribution < -0.4 is 4.18 Å². The summed E-state index contributed by atoms with van der Waals surface area (Å²) in [5.41, 5.74) is 2.23. The Hall–Kier alpha value is -1.40. The number of fused-ring (bicyclic) bond motifs is 5. The molecule has 2 saturated carbocycles. The summed E-state index contributed by atoms with van der Waals surface area (Å²) in [6.07, 6.45) is 5.57. The standard InChI is InChI=1S/C18H22O5S/c1-18-9-8-14-13-5-3-12(23-24(20,21)22)10-11(13)2-4-15(14)16(18)6-7-17(18)19/h3,5,10,14-16H,2,4,6-9H2,1H3,(H,20,21,22)/t14-,15+,16+,18+/m0/s1. The molecular weight excluding hydrogens is 328 g/mol. The van der Waals surface area contributed by atoms with Crippen LogP contribution in [0.25, 0.3) is 0 Å². The van der Waals surface area contributed by atoms with E-state index in [9.17, 15) is 13.2 Å². The average molecular weight is 350 g/mol. The Labute approximate surface area is 142 Å². The van der Waals surface area contributed by atoms with Crippen molar-refractivity contribution in [3.05, 3.63) is 29.3 Å². The summed E-state index contributed by atoms with van der Waals surface area (Å²) in [6.45, 7) is 2.15. The molecule has 0 spiro atoms. The first kappa shape index (κ1) is 16.1. The molecule has 3 aliphatic rings. The van der Waals surface area contributed by atoms with E-state index in [0.29, 0.717) is 23.5 Å². The minimum absolute atomic E-state index is 0.132. The summed E-state index contributed by atoms with van der Waals surface area (Å²) >= 11 is 0. The molecule has 0 saturated heterocycles. The largest absolute Gasteiger partial charge is 0.446 e. The lowest BCUT2D eigenvalue weighted by atomic mass is 9.55. The highest BCUT2D eigenvalue weighted by Gasteiger charge is 2.54. The maximum Gasteiger partial charge on any atom is 0.446 e. The highest BCUT2D eigenvalue weighted by atomic mass is 32.3. The molecule has 0 radical (unpaired) electrons. The monoisotopic (exact) mass is 350 g/mol. The molecule has 24 heavy (non-hydrogen) atoms. The number of benzene rings is 1. The van der Waals surface area contributed by atoms with Gasteiger partial charge >= 0.3 is 10.4 Å². The highest BCUT2D eigenvalue weighted by molar-refractivity contribution is 7.81. The van der Waals surface area contributed by atoms with Gasteiger partial charge in [0.2, 0.25) is 0 Å². The first-order chi connectivity index (χ1) is 11.3. The maximum atomic E-state index is 12.3. The zero-order valence-corrected chi connectivity index (χ0v) is 14.5. The molecule has 5 nitrogen and oxygen atoms in total. The molecule has 0 bridgehead atoms. The Bertz CT molecular complexity index is 800. The number of ketones is 1. The fourth-order valence-electron chi connectivity index (χ4n) is 5.50. The molecule has 3 aliphatic carbocycles. The van der Waals surface area contributed by atoms with Crippen molar-refractivity contribution >= 4 is 16.2 Å². The van der Waals surface area contributed by atoms with E-state index < -0.39 is 10.4 Å². The quantitative estimate of drug-likeness (QED) is 0.828. The predicted molar refractivity (Wildman–Crippen MR) is 88.2 cm³/mol. The first-order valence-electron chi connectivity index (χ1n) is 8.61. The van der Waals surface area contributed by atoms with Gasteiger partial charge in [0.15, 0.2) is 0 Å². The number of carbonyl (C=O) groups is 1. The Morgan fingerprint density at radius 3 is 2.75 bits per heavy atom. The number of rotatable bonds is 2. The predicted octanol–water partition coefficient (Wildman–Crippen LogP) is 3.29. The molecule has 0 aromatic heterocycles. The Kier molecular flexibility index (Phi) is 3.55. The molecule has 1 N–H and O–H groups in total. The van der Waals surface area contributed by atoms with Crippen LogP contribution in [0.1, 0.15) is 56.1 Å². The van der Waals surface area contributed by atoms with Crippen molar-refractivity contribution < 1.29 is 21.9 Å². The van der Waals surface area contributed by atoms with Crippen LogP contribution >= 0.6 is 0 Å². The second kappa shape index (κ2) is 5.30. The van der Waals surface area contributed by atoms with Gasteiger partial charge in [-0.15, -0.1) is 0 Å². The van der Waals surface area contributed by atoms with E-state index in [1.807, 2.05) is 6.07 Å². The molecule has 2 fully saturated rings. The number of Topliss-reactive ketones (excluding diaryl/α,β-unsaturated/α-hetero) is 1. The van der Waals surface area contributed by atoms with Crippen LogP contribution in [0.2, 0.25) is 0 Å². The van der Waals surface area contributed by atoms with Gasteiger partial charge in [-0.05, 0) is 73.1 Å². The summed E-state index contributed by atoms with van der Waals surface area (Å²) < 4.78 is 35.2. The van der Waals surface area contributed by atoms with Crippen LogP contribution in [-0.4, -0.2) is 18.8 Å².